The molecular formula is C19H21N3O2S. The fraction of sp³-hybridized carbons (Fsp3) is 0.316. The number of hydrogen-bond donors (Lipinski definition) is 2. The highest BCUT2D eigenvalue weighted by Gasteiger charge is 2.31. The molecule has 0 bridgehead atoms. The van der Waals surface area contributed by atoms with Crippen LogP contribution >= 0.6 is 11.3 Å². The lowest BCUT2D eigenvalue weighted by molar-refractivity contribution is -0.111. The maximum atomic E-state index is 12.7. The largest absolute Gasteiger partial charge is 0.322 e. The van der Waals surface area contributed by atoms with Gasteiger partial charge in [-0.1, -0.05) is 32.6 Å². The summed E-state index contributed by atoms with van der Waals surface area (Å²) in [5.74, 6) is -0.643. The molecule has 0 unspecified atom stereocenters. The van der Waals surface area contributed by atoms with Crippen LogP contribution in [0.5, 0.6) is 0 Å². The second-order valence-corrected chi connectivity index (χ2v) is 7.80. The van der Waals surface area contributed by atoms with Crippen molar-refractivity contribution in [2.75, 3.05) is 10.6 Å². The molecule has 2 aromatic rings. The highest BCUT2D eigenvalue weighted by atomic mass is 32.1. The molecule has 0 fully saturated rings. The molecule has 1 heterocycles. The number of rotatable bonds is 4. The van der Waals surface area contributed by atoms with Crippen LogP contribution in [0, 0.1) is 0 Å². The number of para-hydroxylation sites is 1. The molecular weight excluding hydrogens is 334 g/mol. The van der Waals surface area contributed by atoms with E-state index in [-0.39, 0.29) is 17.2 Å². The van der Waals surface area contributed by atoms with Crippen LogP contribution in [0.4, 0.5) is 10.8 Å². The van der Waals surface area contributed by atoms with E-state index in [4.69, 9.17) is 0 Å². The molecule has 2 amide bonds. The van der Waals surface area contributed by atoms with E-state index in [1.807, 2.05) is 0 Å². The first kappa shape index (κ1) is 17.4. The molecule has 1 aliphatic carbocycles. The van der Waals surface area contributed by atoms with Crippen LogP contribution in [0.1, 0.15) is 47.6 Å². The average Bonchev–Trinajstić information content (AvgIpc) is 2.99. The van der Waals surface area contributed by atoms with Crippen molar-refractivity contribution in [2.45, 2.75) is 38.5 Å². The van der Waals surface area contributed by atoms with Crippen LogP contribution in [0.15, 0.2) is 36.9 Å². The number of fused-ring (bicyclic) bond motifs is 1. The molecule has 6 heteroatoms. The van der Waals surface area contributed by atoms with Gasteiger partial charge in [0.1, 0.15) is 0 Å². The third-order valence-electron chi connectivity index (χ3n) is 4.38. The van der Waals surface area contributed by atoms with Gasteiger partial charge in [0.05, 0.1) is 16.9 Å². The topological polar surface area (TPSA) is 71.1 Å². The lowest BCUT2D eigenvalue weighted by Gasteiger charge is -2.27. The zero-order valence-electron chi connectivity index (χ0n) is 14.4. The van der Waals surface area contributed by atoms with E-state index < -0.39 is 0 Å². The number of nitrogens with zero attached hydrogens (tertiary/aromatic N) is 1. The van der Waals surface area contributed by atoms with Gasteiger partial charge in [-0.2, -0.15) is 0 Å². The number of aromatic nitrogens is 1. The molecule has 0 saturated heterocycles. The molecule has 1 aromatic carbocycles. The fourth-order valence-electron chi connectivity index (χ4n) is 3.05. The van der Waals surface area contributed by atoms with Gasteiger partial charge in [0.15, 0.2) is 5.13 Å². The molecule has 5 nitrogen and oxygen atoms in total. The highest BCUT2D eigenvalue weighted by molar-refractivity contribution is 7.15. The third kappa shape index (κ3) is 3.64. The number of hydrogen-bond acceptors (Lipinski definition) is 4. The zero-order chi connectivity index (χ0) is 18.0. The van der Waals surface area contributed by atoms with Crippen LogP contribution < -0.4 is 10.6 Å². The Morgan fingerprint density at radius 3 is 2.76 bits per heavy atom. The molecule has 3 rings (SSSR count). The van der Waals surface area contributed by atoms with Crippen molar-refractivity contribution in [3.05, 3.63) is 53.1 Å². The Balaban J connectivity index is 1.83. The predicted octanol–water partition coefficient (Wildman–Crippen LogP) is 4.13. The normalized spacial score (nSPS) is 15.1. The smallest absolute Gasteiger partial charge is 0.259 e. The molecule has 1 aliphatic rings. The van der Waals surface area contributed by atoms with E-state index in [1.165, 1.54) is 22.3 Å². The van der Waals surface area contributed by atoms with Gasteiger partial charge in [0.25, 0.3) is 5.91 Å². The number of amides is 2. The van der Waals surface area contributed by atoms with Gasteiger partial charge in [0, 0.05) is 10.3 Å². The maximum Gasteiger partial charge on any atom is 0.259 e. The lowest BCUT2D eigenvalue weighted by atomic mass is 9.79. The number of nitrogens with one attached hydrogen (secondary N) is 2. The summed E-state index contributed by atoms with van der Waals surface area (Å²) in [6, 6.07) is 6.88. The van der Waals surface area contributed by atoms with Crippen molar-refractivity contribution in [3.63, 3.8) is 0 Å². The van der Waals surface area contributed by atoms with Crippen molar-refractivity contribution in [1.29, 1.82) is 0 Å². The van der Waals surface area contributed by atoms with E-state index in [0.717, 1.165) is 25.0 Å². The monoisotopic (exact) mass is 355 g/mol. The first-order valence-corrected chi connectivity index (χ1v) is 9.06. The number of thiazole rings is 1. The highest BCUT2D eigenvalue weighted by Crippen LogP contribution is 2.40. The summed E-state index contributed by atoms with van der Waals surface area (Å²) in [5, 5.41) is 6.14. The molecule has 2 N–H and O–H groups in total. The van der Waals surface area contributed by atoms with Crippen molar-refractivity contribution in [2.24, 2.45) is 0 Å². The summed E-state index contributed by atoms with van der Waals surface area (Å²) in [6.07, 6.45) is 4.43. The van der Waals surface area contributed by atoms with E-state index in [1.54, 1.807) is 24.3 Å². The molecule has 0 saturated carbocycles. The second kappa shape index (κ2) is 6.80. The number of aryl methyl sites for hydroxylation is 1. The molecule has 1 aromatic heterocycles. The van der Waals surface area contributed by atoms with Gasteiger partial charge in [-0.25, -0.2) is 4.98 Å². The molecule has 25 heavy (non-hydrogen) atoms. The summed E-state index contributed by atoms with van der Waals surface area (Å²) in [5.41, 5.74) is 1.98. The average molecular weight is 355 g/mol. The second-order valence-electron chi connectivity index (χ2n) is 6.72. The summed E-state index contributed by atoms with van der Waals surface area (Å²) in [4.78, 5) is 30.1. The Labute approximate surface area is 151 Å². The van der Waals surface area contributed by atoms with Gasteiger partial charge in [-0.3, -0.25) is 14.9 Å². The third-order valence-corrected chi connectivity index (χ3v) is 5.41. The molecule has 130 valence electrons. The minimum absolute atomic E-state index is 0.0445. The van der Waals surface area contributed by atoms with Gasteiger partial charge in [-0.05, 0) is 37.5 Å². The standard InChI is InChI=1S/C19H21N3O2S/c1-4-15(23)20-13-9-6-5-8-12(13)17(24)22-18-21-16-14(25-18)10-7-11-19(16,2)3/h4-6,8-9H,1,7,10-11H2,2-3H3,(H,20,23)(H,21,22,24). The van der Waals surface area contributed by atoms with Crippen molar-refractivity contribution >= 4 is 34.0 Å². The summed E-state index contributed by atoms with van der Waals surface area (Å²) in [6.45, 7) is 7.81. The molecule has 0 aliphatic heterocycles. The van der Waals surface area contributed by atoms with E-state index >= 15 is 0 Å². The lowest BCUT2D eigenvalue weighted by Crippen LogP contribution is -2.23. The Hall–Kier alpha value is -2.47. The Morgan fingerprint density at radius 2 is 2.04 bits per heavy atom. The summed E-state index contributed by atoms with van der Waals surface area (Å²) >= 11 is 1.54. The Kier molecular flexibility index (Phi) is 4.72. The van der Waals surface area contributed by atoms with Crippen LogP contribution in [0.25, 0.3) is 0 Å². The van der Waals surface area contributed by atoms with Gasteiger partial charge < -0.3 is 5.32 Å². The molecule has 0 radical (unpaired) electrons. The van der Waals surface area contributed by atoms with E-state index in [9.17, 15) is 9.59 Å². The van der Waals surface area contributed by atoms with Crippen LogP contribution in [-0.4, -0.2) is 16.8 Å². The predicted molar refractivity (Wildman–Crippen MR) is 101 cm³/mol. The van der Waals surface area contributed by atoms with Gasteiger partial charge in [-0.15, -0.1) is 11.3 Å². The van der Waals surface area contributed by atoms with Crippen molar-refractivity contribution < 1.29 is 9.59 Å². The van der Waals surface area contributed by atoms with Crippen molar-refractivity contribution in [1.82, 2.24) is 4.98 Å². The SMILES string of the molecule is C=CC(=O)Nc1ccccc1C(=O)Nc1nc2c(s1)CCCC2(C)C. The number of carbonyl (C=O) groups excluding carboxylic acids is 2. The quantitative estimate of drug-likeness (QED) is 0.810. The molecule has 0 spiro atoms. The molecule has 0 atom stereocenters. The number of carbonyl (C=O) groups is 2. The van der Waals surface area contributed by atoms with E-state index in [0.29, 0.717) is 16.4 Å². The van der Waals surface area contributed by atoms with Crippen molar-refractivity contribution in [3.8, 4) is 0 Å². The van der Waals surface area contributed by atoms with E-state index in [2.05, 4.69) is 36.0 Å². The van der Waals surface area contributed by atoms with Crippen LogP contribution in [-0.2, 0) is 16.6 Å². The first-order chi connectivity index (χ1) is 11.9. The first-order valence-electron chi connectivity index (χ1n) is 8.25. The zero-order valence-corrected chi connectivity index (χ0v) is 15.2. The maximum absolute atomic E-state index is 12.7. The minimum Gasteiger partial charge on any atom is -0.322 e. The van der Waals surface area contributed by atoms with Gasteiger partial charge in [0.2, 0.25) is 5.91 Å². The summed E-state index contributed by atoms with van der Waals surface area (Å²) in [7, 11) is 0. The Bertz CT molecular complexity index is 839. The van der Waals surface area contributed by atoms with Crippen LogP contribution in [0.3, 0.4) is 0 Å². The fourth-order valence-corrected chi connectivity index (χ4v) is 4.23. The van der Waals surface area contributed by atoms with Gasteiger partial charge >= 0.3 is 0 Å². The Morgan fingerprint density at radius 1 is 1.28 bits per heavy atom. The number of benzene rings is 1. The van der Waals surface area contributed by atoms with Crippen LogP contribution in [0.2, 0.25) is 0 Å². The number of anilines is 2. The minimum atomic E-state index is -0.355. The summed E-state index contributed by atoms with van der Waals surface area (Å²) < 4.78 is 0.